The van der Waals surface area contributed by atoms with Crippen LogP contribution in [-0.2, 0) is 12.4 Å². The molecule has 5 nitrogen and oxygen atoms in total. The zero-order valence-electron chi connectivity index (χ0n) is 16.9. The summed E-state index contributed by atoms with van der Waals surface area (Å²) in [6, 6.07) is 24.6. The smallest absolute Gasteiger partial charge is 0.335 e. The molecule has 0 fully saturated rings. The second kappa shape index (κ2) is 9.53. The number of aromatic carboxylic acids is 1. The van der Waals surface area contributed by atoms with E-state index in [-0.39, 0.29) is 0 Å². The first-order valence-corrected chi connectivity index (χ1v) is 10.8. The predicted octanol–water partition coefficient (Wildman–Crippen LogP) is 6.22. The Hall–Kier alpha value is -3.51. The van der Waals surface area contributed by atoms with E-state index in [2.05, 4.69) is 4.98 Å². The van der Waals surface area contributed by atoms with Crippen LogP contribution in [0.1, 0.15) is 27.4 Å². The zero-order valence-corrected chi connectivity index (χ0v) is 17.8. The van der Waals surface area contributed by atoms with E-state index >= 15 is 0 Å². The number of carboxylic acid groups (broad SMARTS) is 1. The molecule has 0 spiro atoms. The molecule has 4 aromatic rings. The number of ether oxygens (including phenoxy) is 1. The van der Waals surface area contributed by atoms with Gasteiger partial charge in [-0.2, -0.15) is 0 Å². The molecule has 4 rings (SSSR count). The Morgan fingerprint density at radius 3 is 2.65 bits per heavy atom. The maximum absolute atomic E-state index is 11.1. The number of rotatable bonds is 8. The number of aryl methyl sites for hydroxylation is 1. The van der Waals surface area contributed by atoms with Crippen molar-refractivity contribution in [3.63, 3.8) is 0 Å². The van der Waals surface area contributed by atoms with Crippen LogP contribution >= 0.6 is 11.8 Å². The van der Waals surface area contributed by atoms with Gasteiger partial charge in [0.1, 0.15) is 23.8 Å². The summed E-state index contributed by atoms with van der Waals surface area (Å²) in [5, 5.41) is 9.13. The molecule has 0 unspecified atom stereocenters. The van der Waals surface area contributed by atoms with E-state index in [0.717, 1.165) is 33.2 Å². The Morgan fingerprint density at radius 1 is 1.03 bits per heavy atom. The van der Waals surface area contributed by atoms with Crippen LogP contribution in [0.15, 0.2) is 88.2 Å². The quantitative estimate of drug-likeness (QED) is 0.334. The van der Waals surface area contributed by atoms with E-state index in [9.17, 15) is 4.79 Å². The lowest BCUT2D eigenvalue weighted by atomic mass is 10.2. The van der Waals surface area contributed by atoms with Crippen molar-refractivity contribution < 1.29 is 19.1 Å². The van der Waals surface area contributed by atoms with Gasteiger partial charge in [-0.05, 0) is 55.0 Å². The number of oxazole rings is 1. The number of hydrogen-bond acceptors (Lipinski definition) is 5. The minimum absolute atomic E-state index is 0.292. The first-order chi connectivity index (χ1) is 15.1. The molecule has 31 heavy (non-hydrogen) atoms. The molecule has 0 amide bonds. The van der Waals surface area contributed by atoms with E-state index < -0.39 is 5.97 Å². The highest BCUT2D eigenvalue weighted by Crippen LogP contribution is 2.26. The number of benzene rings is 3. The molecule has 1 aromatic heterocycles. The first kappa shape index (κ1) is 20.8. The van der Waals surface area contributed by atoms with E-state index in [1.165, 1.54) is 0 Å². The lowest BCUT2D eigenvalue weighted by Gasteiger charge is -2.08. The third-order valence-electron chi connectivity index (χ3n) is 4.67. The molecule has 1 N–H and O–H groups in total. The summed E-state index contributed by atoms with van der Waals surface area (Å²) in [7, 11) is 0. The predicted molar refractivity (Wildman–Crippen MR) is 120 cm³/mol. The van der Waals surface area contributed by atoms with Crippen LogP contribution in [-0.4, -0.2) is 16.1 Å². The van der Waals surface area contributed by atoms with Gasteiger partial charge < -0.3 is 14.3 Å². The molecule has 0 aliphatic rings. The molecule has 0 atom stereocenters. The van der Waals surface area contributed by atoms with E-state index in [1.807, 2.05) is 67.6 Å². The molecule has 0 aliphatic carbocycles. The third kappa shape index (κ3) is 5.35. The van der Waals surface area contributed by atoms with Gasteiger partial charge in [-0.1, -0.05) is 36.4 Å². The van der Waals surface area contributed by atoms with Crippen LogP contribution in [0.25, 0.3) is 11.5 Å². The molecule has 6 heteroatoms. The van der Waals surface area contributed by atoms with Crippen LogP contribution < -0.4 is 4.74 Å². The SMILES string of the molecule is Cc1oc(-c2ccccc2)nc1COc1cccc(CSc2cccc(C(=O)O)c2)c1. The molecule has 0 saturated carbocycles. The Kier molecular flexibility index (Phi) is 6.38. The second-order valence-corrected chi connectivity index (χ2v) is 7.99. The largest absolute Gasteiger partial charge is 0.487 e. The zero-order chi connectivity index (χ0) is 21.6. The van der Waals surface area contributed by atoms with Gasteiger partial charge in [-0.3, -0.25) is 0 Å². The van der Waals surface area contributed by atoms with Crippen LogP contribution in [0.5, 0.6) is 5.75 Å². The fourth-order valence-electron chi connectivity index (χ4n) is 3.03. The second-order valence-electron chi connectivity index (χ2n) is 6.95. The van der Waals surface area contributed by atoms with Gasteiger partial charge in [0.05, 0.1) is 5.56 Å². The summed E-state index contributed by atoms with van der Waals surface area (Å²) in [5.41, 5.74) is 3.08. The van der Waals surface area contributed by atoms with Crippen molar-refractivity contribution in [1.82, 2.24) is 4.98 Å². The minimum Gasteiger partial charge on any atom is -0.487 e. The lowest BCUT2D eigenvalue weighted by Crippen LogP contribution is -1.98. The first-order valence-electron chi connectivity index (χ1n) is 9.78. The van der Waals surface area contributed by atoms with Crippen molar-refractivity contribution >= 4 is 17.7 Å². The summed E-state index contributed by atoms with van der Waals surface area (Å²) in [6.07, 6.45) is 0. The van der Waals surface area contributed by atoms with Crippen LogP contribution in [0.3, 0.4) is 0 Å². The highest BCUT2D eigenvalue weighted by atomic mass is 32.2. The molecule has 156 valence electrons. The molecular formula is C25H21NO4S. The normalized spacial score (nSPS) is 10.7. The van der Waals surface area contributed by atoms with Gasteiger partial charge in [0.25, 0.3) is 0 Å². The van der Waals surface area contributed by atoms with Crippen molar-refractivity contribution in [1.29, 1.82) is 0 Å². The Labute approximate surface area is 184 Å². The third-order valence-corrected chi connectivity index (χ3v) is 5.74. The average Bonchev–Trinajstić information content (AvgIpc) is 3.18. The fourth-order valence-corrected chi connectivity index (χ4v) is 3.93. The monoisotopic (exact) mass is 431 g/mol. The minimum atomic E-state index is -0.920. The number of nitrogens with zero attached hydrogens (tertiary/aromatic N) is 1. The summed E-state index contributed by atoms with van der Waals surface area (Å²) < 4.78 is 11.7. The molecule has 0 bridgehead atoms. The van der Waals surface area contributed by atoms with Crippen molar-refractivity contribution in [2.45, 2.75) is 24.2 Å². The maximum atomic E-state index is 11.1. The van der Waals surface area contributed by atoms with Crippen molar-refractivity contribution in [3.8, 4) is 17.2 Å². The Balaban J connectivity index is 1.39. The summed E-state index contributed by atoms with van der Waals surface area (Å²) in [5.74, 6) is 1.87. The Bertz CT molecular complexity index is 1190. The van der Waals surface area contributed by atoms with Gasteiger partial charge in [0.15, 0.2) is 0 Å². The van der Waals surface area contributed by atoms with Gasteiger partial charge >= 0.3 is 5.97 Å². The molecule has 1 heterocycles. The molecule has 0 saturated heterocycles. The number of thioether (sulfide) groups is 1. The summed E-state index contributed by atoms with van der Waals surface area (Å²) in [6.45, 7) is 2.20. The fraction of sp³-hybridized carbons (Fsp3) is 0.120. The standard InChI is InChI=1S/C25H21NO4S/c1-17-23(26-24(30-17)19-8-3-2-4-9-19)15-29-21-11-5-7-18(13-21)16-31-22-12-6-10-20(14-22)25(27)28/h2-14H,15-16H2,1H3,(H,27,28). The maximum Gasteiger partial charge on any atom is 0.335 e. The van der Waals surface area contributed by atoms with E-state index in [1.54, 1.807) is 30.0 Å². The van der Waals surface area contributed by atoms with E-state index in [0.29, 0.717) is 23.8 Å². The lowest BCUT2D eigenvalue weighted by molar-refractivity contribution is 0.0696. The average molecular weight is 432 g/mol. The molecule has 0 radical (unpaired) electrons. The highest BCUT2D eigenvalue weighted by molar-refractivity contribution is 7.98. The van der Waals surface area contributed by atoms with Gasteiger partial charge in [0, 0.05) is 16.2 Å². The topological polar surface area (TPSA) is 72.6 Å². The van der Waals surface area contributed by atoms with Crippen LogP contribution in [0, 0.1) is 6.92 Å². The molecular weight excluding hydrogens is 410 g/mol. The number of aromatic nitrogens is 1. The summed E-state index contributed by atoms with van der Waals surface area (Å²) >= 11 is 1.59. The molecule has 3 aromatic carbocycles. The van der Waals surface area contributed by atoms with Crippen molar-refractivity contribution in [3.05, 3.63) is 101 Å². The molecule has 0 aliphatic heterocycles. The number of carboxylic acids is 1. The van der Waals surface area contributed by atoms with Gasteiger partial charge in [0.2, 0.25) is 5.89 Å². The Morgan fingerprint density at radius 2 is 1.84 bits per heavy atom. The van der Waals surface area contributed by atoms with Crippen molar-refractivity contribution in [2.24, 2.45) is 0 Å². The van der Waals surface area contributed by atoms with Crippen LogP contribution in [0.4, 0.5) is 0 Å². The highest BCUT2D eigenvalue weighted by Gasteiger charge is 2.12. The van der Waals surface area contributed by atoms with Gasteiger partial charge in [-0.15, -0.1) is 11.8 Å². The summed E-state index contributed by atoms with van der Waals surface area (Å²) in [4.78, 5) is 16.6. The number of carbonyl (C=O) groups is 1. The number of hydrogen-bond donors (Lipinski definition) is 1. The van der Waals surface area contributed by atoms with Gasteiger partial charge in [-0.25, -0.2) is 9.78 Å². The van der Waals surface area contributed by atoms with E-state index in [4.69, 9.17) is 14.3 Å². The van der Waals surface area contributed by atoms with Crippen molar-refractivity contribution in [2.75, 3.05) is 0 Å². The van der Waals surface area contributed by atoms with Crippen LogP contribution in [0.2, 0.25) is 0 Å².